The minimum Gasteiger partial charge on any atom is -0.322 e. The molecule has 2 atom stereocenters. The normalized spacial score (nSPS) is 25.4. The number of hydrogen-bond acceptors (Lipinski definition) is 5. The predicted molar refractivity (Wildman–Crippen MR) is 104 cm³/mol. The van der Waals surface area contributed by atoms with E-state index < -0.39 is 6.04 Å². The number of carbonyl (C=O) groups is 3. The molecule has 0 spiro atoms. The number of imide groups is 1. The van der Waals surface area contributed by atoms with Gasteiger partial charge in [0.2, 0.25) is 11.8 Å². The molecule has 0 bridgehead atoms. The summed E-state index contributed by atoms with van der Waals surface area (Å²) in [6.45, 7) is 4.38. The second-order valence-electron chi connectivity index (χ2n) is 8.07. The van der Waals surface area contributed by atoms with Gasteiger partial charge in [0.1, 0.15) is 6.04 Å². The maximum absolute atomic E-state index is 12.9. The topological polar surface area (TPSA) is 90.5 Å². The summed E-state index contributed by atoms with van der Waals surface area (Å²) < 4.78 is 0. The number of benzene rings is 1. The molecule has 3 amide bonds. The predicted octanol–water partition coefficient (Wildman–Crippen LogP) is 0.927. The van der Waals surface area contributed by atoms with E-state index in [9.17, 15) is 14.4 Å². The van der Waals surface area contributed by atoms with Crippen molar-refractivity contribution in [2.45, 2.75) is 51.2 Å². The van der Waals surface area contributed by atoms with E-state index >= 15 is 0 Å². The first-order valence-electron chi connectivity index (χ1n) is 10.3. The van der Waals surface area contributed by atoms with Crippen molar-refractivity contribution in [2.24, 2.45) is 5.92 Å². The summed E-state index contributed by atoms with van der Waals surface area (Å²) in [7, 11) is 0. The van der Waals surface area contributed by atoms with E-state index in [4.69, 9.17) is 0 Å². The largest absolute Gasteiger partial charge is 0.322 e. The van der Waals surface area contributed by atoms with Crippen LogP contribution in [0.2, 0.25) is 0 Å². The Morgan fingerprint density at radius 2 is 2.00 bits per heavy atom. The van der Waals surface area contributed by atoms with Crippen molar-refractivity contribution in [3.8, 4) is 0 Å². The SMILES string of the molecule is O=C1CCC(N2Cc3ccc(CNCC4CCCNCC4)cc3C2=O)C(=O)N1. The Kier molecular flexibility index (Phi) is 5.73. The zero-order valence-corrected chi connectivity index (χ0v) is 16.1. The van der Waals surface area contributed by atoms with Crippen molar-refractivity contribution < 1.29 is 14.4 Å². The number of piperidine rings is 1. The monoisotopic (exact) mass is 384 g/mol. The fraction of sp³-hybridized carbons (Fsp3) is 0.571. The third-order valence-electron chi connectivity index (χ3n) is 6.05. The molecule has 4 rings (SSSR count). The van der Waals surface area contributed by atoms with E-state index in [2.05, 4.69) is 22.0 Å². The third kappa shape index (κ3) is 4.10. The summed E-state index contributed by atoms with van der Waals surface area (Å²) in [6.07, 6.45) is 4.37. The van der Waals surface area contributed by atoms with Gasteiger partial charge in [-0.25, -0.2) is 0 Å². The fourth-order valence-electron chi connectivity index (χ4n) is 4.43. The molecule has 3 aliphatic rings. The molecule has 150 valence electrons. The first-order chi connectivity index (χ1) is 13.6. The Morgan fingerprint density at radius 1 is 1.11 bits per heavy atom. The van der Waals surface area contributed by atoms with Crippen LogP contribution in [0.5, 0.6) is 0 Å². The van der Waals surface area contributed by atoms with Crippen LogP contribution in [-0.2, 0) is 22.7 Å². The van der Waals surface area contributed by atoms with Gasteiger partial charge in [0, 0.05) is 25.1 Å². The van der Waals surface area contributed by atoms with Crippen molar-refractivity contribution in [1.29, 1.82) is 0 Å². The number of nitrogens with one attached hydrogen (secondary N) is 3. The van der Waals surface area contributed by atoms with Gasteiger partial charge in [-0.05, 0) is 68.4 Å². The first kappa shape index (κ1) is 19.1. The third-order valence-corrected chi connectivity index (χ3v) is 6.05. The molecule has 2 unspecified atom stereocenters. The molecule has 1 aromatic rings. The molecular formula is C21H28N4O3. The second kappa shape index (κ2) is 8.41. The summed E-state index contributed by atoms with van der Waals surface area (Å²) in [4.78, 5) is 38.0. The maximum Gasteiger partial charge on any atom is 0.255 e. The Balaban J connectivity index is 1.36. The highest BCUT2D eigenvalue weighted by Gasteiger charge is 2.39. The molecule has 0 radical (unpaired) electrons. The smallest absolute Gasteiger partial charge is 0.255 e. The van der Waals surface area contributed by atoms with Crippen molar-refractivity contribution in [3.05, 3.63) is 34.9 Å². The molecule has 3 N–H and O–H groups in total. The van der Waals surface area contributed by atoms with Crippen LogP contribution >= 0.6 is 0 Å². The van der Waals surface area contributed by atoms with Crippen molar-refractivity contribution >= 4 is 17.7 Å². The van der Waals surface area contributed by atoms with Crippen molar-refractivity contribution in [1.82, 2.24) is 20.9 Å². The molecular weight excluding hydrogens is 356 g/mol. The summed E-state index contributed by atoms with van der Waals surface area (Å²) in [5.74, 6) is -0.0318. The lowest BCUT2D eigenvalue weighted by molar-refractivity contribution is -0.136. The second-order valence-corrected chi connectivity index (χ2v) is 8.07. The van der Waals surface area contributed by atoms with Gasteiger partial charge in [-0.2, -0.15) is 0 Å². The van der Waals surface area contributed by atoms with E-state index in [-0.39, 0.29) is 24.1 Å². The van der Waals surface area contributed by atoms with Gasteiger partial charge in [0.05, 0.1) is 0 Å². The molecule has 7 heteroatoms. The molecule has 7 nitrogen and oxygen atoms in total. The number of amides is 3. The molecule has 2 saturated heterocycles. The molecule has 3 heterocycles. The number of fused-ring (bicyclic) bond motifs is 1. The Morgan fingerprint density at radius 3 is 2.86 bits per heavy atom. The number of nitrogens with zero attached hydrogens (tertiary/aromatic N) is 1. The molecule has 0 aliphatic carbocycles. The highest BCUT2D eigenvalue weighted by atomic mass is 16.2. The fourth-order valence-corrected chi connectivity index (χ4v) is 4.43. The van der Waals surface area contributed by atoms with Crippen molar-refractivity contribution in [2.75, 3.05) is 19.6 Å². The summed E-state index contributed by atoms with van der Waals surface area (Å²) in [5, 5.41) is 9.32. The molecule has 0 saturated carbocycles. The zero-order chi connectivity index (χ0) is 19.5. The zero-order valence-electron chi connectivity index (χ0n) is 16.1. The van der Waals surface area contributed by atoms with Crippen LogP contribution in [0.1, 0.15) is 53.6 Å². The van der Waals surface area contributed by atoms with Crippen LogP contribution in [0, 0.1) is 5.92 Å². The molecule has 28 heavy (non-hydrogen) atoms. The molecule has 1 aromatic carbocycles. The van der Waals surface area contributed by atoms with E-state index in [0.717, 1.165) is 37.3 Å². The van der Waals surface area contributed by atoms with Gasteiger partial charge in [0.25, 0.3) is 5.91 Å². The quantitative estimate of drug-likeness (QED) is 0.657. The summed E-state index contributed by atoms with van der Waals surface area (Å²) >= 11 is 0. The Labute approximate surface area is 165 Å². The Hall–Kier alpha value is -2.25. The van der Waals surface area contributed by atoms with Gasteiger partial charge >= 0.3 is 0 Å². The van der Waals surface area contributed by atoms with Gasteiger partial charge in [-0.1, -0.05) is 12.1 Å². The average Bonchev–Trinajstić information content (AvgIpc) is 2.85. The number of rotatable bonds is 5. The van der Waals surface area contributed by atoms with Crippen LogP contribution in [-0.4, -0.2) is 48.3 Å². The number of hydrogen-bond donors (Lipinski definition) is 3. The van der Waals surface area contributed by atoms with Gasteiger partial charge in [0.15, 0.2) is 0 Å². The van der Waals surface area contributed by atoms with Crippen molar-refractivity contribution in [3.63, 3.8) is 0 Å². The van der Waals surface area contributed by atoms with Crippen LogP contribution in [0.25, 0.3) is 0 Å². The minimum atomic E-state index is -0.553. The van der Waals surface area contributed by atoms with E-state index in [1.54, 1.807) is 4.90 Å². The lowest BCUT2D eigenvalue weighted by Crippen LogP contribution is -2.52. The highest BCUT2D eigenvalue weighted by Crippen LogP contribution is 2.28. The maximum atomic E-state index is 12.9. The average molecular weight is 384 g/mol. The van der Waals surface area contributed by atoms with Gasteiger partial charge < -0.3 is 15.5 Å². The lowest BCUT2D eigenvalue weighted by atomic mass is 10.0. The molecule has 2 fully saturated rings. The van der Waals surface area contributed by atoms with Crippen LogP contribution < -0.4 is 16.0 Å². The molecule has 0 aromatic heterocycles. The minimum absolute atomic E-state index is 0.110. The summed E-state index contributed by atoms with van der Waals surface area (Å²) in [5.41, 5.74) is 2.72. The Bertz CT molecular complexity index is 771. The standard InChI is InChI=1S/C21H28N4O3/c26-19-6-5-18(20(27)24-19)25-13-16-4-3-15(10-17(16)21(25)28)12-23-11-14-2-1-8-22-9-7-14/h3-4,10,14,18,22-23H,1-2,5-9,11-13H2,(H,24,26,27). The van der Waals surface area contributed by atoms with E-state index in [1.807, 2.05) is 12.1 Å². The summed E-state index contributed by atoms with van der Waals surface area (Å²) in [6, 6.07) is 5.45. The first-order valence-corrected chi connectivity index (χ1v) is 10.3. The van der Waals surface area contributed by atoms with Gasteiger partial charge in [-0.15, -0.1) is 0 Å². The van der Waals surface area contributed by atoms with Crippen LogP contribution in [0.15, 0.2) is 18.2 Å². The van der Waals surface area contributed by atoms with Gasteiger partial charge in [-0.3, -0.25) is 19.7 Å². The molecule has 3 aliphatic heterocycles. The van der Waals surface area contributed by atoms with Crippen LogP contribution in [0.3, 0.4) is 0 Å². The lowest BCUT2D eigenvalue weighted by Gasteiger charge is -2.29. The number of carbonyl (C=O) groups excluding carboxylic acids is 3. The van der Waals surface area contributed by atoms with E-state index in [0.29, 0.717) is 24.4 Å². The van der Waals surface area contributed by atoms with Crippen LogP contribution in [0.4, 0.5) is 0 Å². The van der Waals surface area contributed by atoms with E-state index in [1.165, 1.54) is 19.3 Å². The highest BCUT2D eigenvalue weighted by molar-refractivity contribution is 6.05.